The summed E-state index contributed by atoms with van der Waals surface area (Å²) in [5.74, 6) is 0.283. The average Bonchev–Trinajstić information content (AvgIpc) is 2.94. The van der Waals surface area contributed by atoms with E-state index in [4.69, 9.17) is 0 Å². The van der Waals surface area contributed by atoms with Crippen LogP contribution in [-0.4, -0.2) is 15.7 Å². The molecule has 0 radical (unpaired) electrons. The van der Waals surface area contributed by atoms with Crippen molar-refractivity contribution in [2.24, 2.45) is 0 Å². The minimum absolute atomic E-state index is 0.00379. The van der Waals surface area contributed by atoms with Gasteiger partial charge in [0, 0.05) is 6.07 Å². The quantitative estimate of drug-likeness (QED) is 0.901. The second-order valence-corrected chi connectivity index (χ2v) is 5.34. The van der Waals surface area contributed by atoms with Gasteiger partial charge in [-0.25, -0.2) is 4.68 Å². The summed E-state index contributed by atoms with van der Waals surface area (Å²) in [4.78, 5) is 12.1. The number of halogens is 3. The van der Waals surface area contributed by atoms with Gasteiger partial charge in [-0.05, 0) is 31.0 Å². The van der Waals surface area contributed by atoms with Crippen LogP contribution in [0.5, 0.6) is 0 Å². The van der Waals surface area contributed by atoms with E-state index in [1.807, 2.05) is 13.8 Å². The fourth-order valence-corrected chi connectivity index (χ4v) is 2.12. The Labute approximate surface area is 132 Å². The summed E-state index contributed by atoms with van der Waals surface area (Å²) in [6.45, 7) is 4.00. The van der Waals surface area contributed by atoms with Gasteiger partial charge in [-0.3, -0.25) is 4.79 Å². The molecule has 124 valence electrons. The Kier molecular flexibility index (Phi) is 5.08. The third-order valence-electron chi connectivity index (χ3n) is 3.59. The molecule has 0 aliphatic rings. The molecule has 0 fully saturated rings. The van der Waals surface area contributed by atoms with Gasteiger partial charge in [0.15, 0.2) is 0 Å². The molecule has 1 aromatic heterocycles. The lowest BCUT2D eigenvalue weighted by atomic mass is 10.1. The second-order valence-electron chi connectivity index (χ2n) is 5.34. The van der Waals surface area contributed by atoms with Crippen molar-refractivity contribution in [2.45, 2.75) is 38.9 Å². The van der Waals surface area contributed by atoms with Gasteiger partial charge in [-0.2, -0.15) is 18.3 Å². The molecular weight excluding hydrogens is 307 g/mol. The smallest absolute Gasteiger partial charge is 0.311 e. The van der Waals surface area contributed by atoms with Crippen LogP contribution in [0, 0.1) is 0 Å². The number of aromatic nitrogens is 2. The minimum Gasteiger partial charge on any atom is -0.311 e. The highest BCUT2D eigenvalue weighted by Crippen LogP contribution is 2.29. The predicted molar refractivity (Wildman–Crippen MR) is 81.0 cm³/mol. The Morgan fingerprint density at radius 2 is 1.91 bits per heavy atom. The maximum atomic E-state index is 12.5. The van der Waals surface area contributed by atoms with E-state index < -0.39 is 11.7 Å². The first-order chi connectivity index (χ1) is 10.8. The highest BCUT2D eigenvalue weighted by molar-refractivity contribution is 5.91. The van der Waals surface area contributed by atoms with Gasteiger partial charge in [-0.15, -0.1) is 0 Å². The largest absolute Gasteiger partial charge is 0.416 e. The van der Waals surface area contributed by atoms with Crippen molar-refractivity contribution in [3.63, 3.8) is 0 Å². The number of rotatable bonds is 5. The molecule has 0 bridgehead atoms. The molecule has 0 spiro atoms. The van der Waals surface area contributed by atoms with Gasteiger partial charge in [0.1, 0.15) is 5.82 Å². The van der Waals surface area contributed by atoms with E-state index >= 15 is 0 Å². The van der Waals surface area contributed by atoms with Gasteiger partial charge in [0.05, 0.1) is 24.2 Å². The summed E-state index contributed by atoms with van der Waals surface area (Å²) in [6, 6.07) is 6.42. The Morgan fingerprint density at radius 3 is 2.48 bits per heavy atom. The van der Waals surface area contributed by atoms with Crippen LogP contribution in [0.2, 0.25) is 0 Å². The molecule has 1 N–H and O–H groups in total. The van der Waals surface area contributed by atoms with Crippen molar-refractivity contribution in [1.82, 2.24) is 9.78 Å². The van der Waals surface area contributed by atoms with Crippen molar-refractivity contribution >= 4 is 11.7 Å². The number of anilines is 1. The van der Waals surface area contributed by atoms with E-state index in [9.17, 15) is 18.0 Å². The number of hydrogen-bond donors (Lipinski definition) is 1. The average molecular weight is 325 g/mol. The maximum absolute atomic E-state index is 12.5. The highest BCUT2D eigenvalue weighted by Gasteiger charge is 2.29. The van der Waals surface area contributed by atoms with Crippen LogP contribution in [0.15, 0.2) is 36.5 Å². The van der Waals surface area contributed by atoms with Crippen LogP contribution in [0.1, 0.15) is 37.4 Å². The molecule has 1 atom stereocenters. The summed E-state index contributed by atoms with van der Waals surface area (Å²) in [5, 5.41) is 6.90. The van der Waals surface area contributed by atoms with Crippen molar-refractivity contribution in [1.29, 1.82) is 0 Å². The van der Waals surface area contributed by atoms with E-state index in [0.717, 1.165) is 18.6 Å². The zero-order chi connectivity index (χ0) is 17.0. The van der Waals surface area contributed by atoms with E-state index in [1.54, 1.807) is 16.9 Å². The normalized spacial score (nSPS) is 12.9. The fraction of sp³-hybridized carbons (Fsp3) is 0.375. The van der Waals surface area contributed by atoms with Gasteiger partial charge < -0.3 is 5.32 Å². The van der Waals surface area contributed by atoms with Crippen LogP contribution in [0.3, 0.4) is 0 Å². The molecule has 2 aromatic rings. The molecule has 23 heavy (non-hydrogen) atoms. The molecule has 0 aliphatic carbocycles. The van der Waals surface area contributed by atoms with Crippen LogP contribution in [0.4, 0.5) is 19.0 Å². The van der Waals surface area contributed by atoms with Crippen molar-refractivity contribution in [3.05, 3.63) is 47.7 Å². The van der Waals surface area contributed by atoms with Crippen LogP contribution in [-0.2, 0) is 17.4 Å². The number of hydrogen-bond acceptors (Lipinski definition) is 2. The van der Waals surface area contributed by atoms with Crippen molar-refractivity contribution in [2.75, 3.05) is 5.32 Å². The third-order valence-corrected chi connectivity index (χ3v) is 3.59. The molecule has 1 amide bonds. The van der Waals surface area contributed by atoms with Gasteiger partial charge >= 0.3 is 6.18 Å². The van der Waals surface area contributed by atoms with Crippen LogP contribution in [0.25, 0.3) is 0 Å². The van der Waals surface area contributed by atoms with Gasteiger partial charge in [-0.1, -0.05) is 19.1 Å². The highest BCUT2D eigenvalue weighted by atomic mass is 19.4. The Balaban J connectivity index is 2.02. The van der Waals surface area contributed by atoms with E-state index in [-0.39, 0.29) is 18.4 Å². The van der Waals surface area contributed by atoms with E-state index in [0.29, 0.717) is 11.4 Å². The van der Waals surface area contributed by atoms with Crippen LogP contribution < -0.4 is 5.32 Å². The Morgan fingerprint density at radius 1 is 1.26 bits per heavy atom. The SMILES string of the molecule is CCC(C)n1nccc1NC(=O)Cc1ccc(C(F)(F)F)cc1. The predicted octanol–water partition coefficient (Wildman–Crippen LogP) is 4.05. The summed E-state index contributed by atoms with van der Waals surface area (Å²) in [7, 11) is 0. The minimum atomic E-state index is -4.37. The Hall–Kier alpha value is -2.31. The summed E-state index contributed by atoms with van der Waals surface area (Å²) < 4.78 is 39.2. The number of benzene rings is 1. The zero-order valence-corrected chi connectivity index (χ0v) is 12.9. The molecule has 0 saturated heterocycles. The molecule has 1 aromatic carbocycles. The molecule has 1 heterocycles. The molecule has 4 nitrogen and oxygen atoms in total. The number of nitrogens with one attached hydrogen (secondary N) is 1. The number of nitrogens with zero attached hydrogens (tertiary/aromatic N) is 2. The Bertz CT molecular complexity index is 662. The van der Waals surface area contributed by atoms with Gasteiger partial charge in [0.2, 0.25) is 5.91 Å². The van der Waals surface area contributed by atoms with E-state index in [1.165, 1.54) is 12.1 Å². The molecule has 0 aliphatic heterocycles. The summed E-state index contributed by atoms with van der Waals surface area (Å²) >= 11 is 0. The first-order valence-electron chi connectivity index (χ1n) is 7.30. The summed E-state index contributed by atoms with van der Waals surface area (Å²) in [5.41, 5.74) is -0.207. The monoisotopic (exact) mass is 325 g/mol. The number of carbonyl (C=O) groups is 1. The zero-order valence-electron chi connectivity index (χ0n) is 12.9. The second kappa shape index (κ2) is 6.85. The lowest BCUT2D eigenvalue weighted by Gasteiger charge is -2.14. The molecule has 1 unspecified atom stereocenters. The standard InChI is InChI=1S/C16H18F3N3O/c1-3-11(2)22-14(8-9-20-22)21-15(23)10-12-4-6-13(7-5-12)16(17,18)19/h4-9,11H,3,10H2,1-2H3,(H,21,23). The molecule has 7 heteroatoms. The molecular formula is C16H18F3N3O. The third kappa shape index (κ3) is 4.34. The molecule has 2 rings (SSSR count). The maximum Gasteiger partial charge on any atom is 0.416 e. The van der Waals surface area contributed by atoms with Gasteiger partial charge in [0.25, 0.3) is 0 Å². The van der Waals surface area contributed by atoms with E-state index in [2.05, 4.69) is 10.4 Å². The fourth-order valence-electron chi connectivity index (χ4n) is 2.12. The van der Waals surface area contributed by atoms with Crippen molar-refractivity contribution < 1.29 is 18.0 Å². The van der Waals surface area contributed by atoms with Crippen LogP contribution >= 0.6 is 0 Å². The summed E-state index contributed by atoms with van der Waals surface area (Å²) in [6.07, 6.45) is -1.91. The first-order valence-corrected chi connectivity index (χ1v) is 7.30. The molecule has 0 saturated carbocycles. The van der Waals surface area contributed by atoms with Crippen molar-refractivity contribution in [3.8, 4) is 0 Å². The lowest BCUT2D eigenvalue weighted by molar-refractivity contribution is -0.137. The first kappa shape index (κ1) is 17.1. The lowest BCUT2D eigenvalue weighted by Crippen LogP contribution is -2.19. The number of amides is 1. The number of alkyl halides is 3. The topological polar surface area (TPSA) is 46.9 Å². The number of carbonyl (C=O) groups excluding carboxylic acids is 1.